The molecule has 0 N–H and O–H groups in total. The van der Waals surface area contributed by atoms with Gasteiger partial charge in [-0.2, -0.15) is 0 Å². The third kappa shape index (κ3) is 7.66. The van der Waals surface area contributed by atoms with Gasteiger partial charge in [-0.25, -0.2) is 0 Å². The third-order valence-corrected chi connectivity index (χ3v) is 25.5. The summed E-state index contributed by atoms with van der Waals surface area (Å²) in [7, 11) is 0. The summed E-state index contributed by atoms with van der Waals surface area (Å²) in [5, 5.41) is 1.61. The van der Waals surface area contributed by atoms with Gasteiger partial charge in [-0.05, 0) is 99.8 Å². The minimum Gasteiger partial charge on any atom is -0.354 e. The van der Waals surface area contributed by atoms with Crippen molar-refractivity contribution >= 4 is 252 Å². The van der Waals surface area contributed by atoms with Crippen molar-refractivity contribution in [3.63, 3.8) is 0 Å². The molecule has 0 fully saturated rings. The Morgan fingerprint density at radius 3 is 1.04 bits per heavy atom. The van der Waals surface area contributed by atoms with Crippen LogP contribution in [0.15, 0.2) is 35.9 Å². The molecule has 2 aliphatic carbocycles. The summed E-state index contributed by atoms with van der Waals surface area (Å²) < 4.78 is 13.3. The van der Waals surface area contributed by atoms with E-state index in [4.69, 9.17) is 97.5 Å². The van der Waals surface area contributed by atoms with Gasteiger partial charge in [-0.1, -0.05) is 188 Å². The molecule has 0 aromatic heterocycles. The average molecular weight is 1450 g/mol. The highest BCUT2D eigenvalue weighted by atomic mass is 79.9. The zero-order valence-corrected chi connectivity index (χ0v) is 44.7. The lowest BCUT2D eigenvalue weighted by molar-refractivity contribution is -0.103. The molecule has 47 heavy (non-hydrogen) atoms. The fraction of sp³-hybridized carbons (Fsp3) is 0.286. The lowest BCUT2D eigenvalue weighted by Crippen LogP contribution is -2.58. The molecule has 19 heteroatoms. The molecular formula is C28H12Br10Cl8O. The first-order valence-corrected chi connectivity index (χ1v) is 23.6. The first-order chi connectivity index (χ1) is 21.6. The van der Waals surface area contributed by atoms with Crippen LogP contribution in [0.25, 0.3) is 0 Å². The Labute approximate surface area is 396 Å². The zero-order chi connectivity index (χ0) is 35.8. The normalized spacial score (nSPS) is 25.5. The number of alkyl halides is 2. The van der Waals surface area contributed by atoms with Gasteiger partial charge >= 0.3 is 0 Å². The highest BCUT2D eigenvalue weighted by molar-refractivity contribution is 9.18. The van der Waals surface area contributed by atoms with Gasteiger partial charge in [0.2, 0.25) is 0 Å². The average Bonchev–Trinajstić information content (AvgIpc) is 3.06. The number of hydrogen-bond acceptors (Lipinski definition) is 1. The second-order valence-corrected chi connectivity index (χ2v) is 21.6. The molecule has 2 aromatic rings. The molecule has 0 saturated heterocycles. The first-order valence-electron chi connectivity index (χ1n) is 12.4. The first kappa shape index (κ1) is 44.2. The summed E-state index contributed by atoms with van der Waals surface area (Å²) in [6.45, 7) is 3.65. The second kappa shape index (κ2) is 16.9. The zero-order valence-electron chi connectivity index (χ0n) is 22.8. The maximum atomic E-state index is 7.69. The Kier molecular flexibility index (Phi) is 15.9. The Morgan fingerprint density at radius 1 is 0.468 bits per heavy atom. The number of ether oxygens (including phenoxy) is 1. The molecule has 0 heterocycles. The van der Waals surface area contributed by atoms with Gasteiger partial charge in [0.1, 0.15) is 11.2 Å². The van der Waals surface area contributed by atoms with Crippen LogP contribution in [0.5, 0.6) is 0 Å². The molecule has 4 unspecified atom stereocenters. The van der Waals surface area contributed by atoms with Gasteiger partial charge in [0.05, 0.1) is 49.8 Å². The van der Waals surface area contributed by atoms with E-state index in [0.717, 1.165) is 17.9 Å². The van der Waals surface area contributed by atoms with Crippen LogP contribution in [0.1, 0.15) is 22.3 Å². The number of benzene rings is 2. The monoisotopic (exact) mass is 1430 g/mol. The van der Waals surface area contributed by atoms with Crippen molar-refractivity contribution < 1.29 is 4.74 Å². The molecule has 0 spiro atoms. The van der Waals surface area contributed by atoms with E-state index in [1.54, 1.807) is 0 Å². The van der Waals surface area contributed by atoms with Crippen LogP contribution in [0, 0.1) is 13.8 Å². The van der Waals surface area contributed by atoms with Crippen molar-refractivity contribution in [3.05, 3.63) is 98.3 Å². The van der Waals surface area contributed by atoms with E-state index < -0.39 is 20.9 Å². The highest BCUT2D eigenvalue weighted by Crippen LogP contribution is 2.61. The van der Waals surface area contributed by atoms with Gasteiger partial charge < -0.3 is 4.74 Å². The van der Waals surface area contributed by atoms with Gasteiger partial charge in [-0.15, -0.1) is 0 Å². The summed E-state index contributed by atoms with van der Waals surface area (Å²) in [5.41, 5.74) is -0.0791. The van der Waals surface area contributed by atoms with Crippen molar-refractivity contribution in [1.29, 1.82) is 0 Å². The quantitative estimate of drug-likeness (QED) is 0.159. The number of rotatable bonds is 6. The molecule has 1 nitrogen and oxygen atoms in total. The maximum absolute atomic E-state index is 7.69. The number of hydrogen-bond donors (Lipinski definition) is 0. The lowest BCUT2D eigenvalue weighted by atomic mass is 9.81. The maximum Gasteiger partial charge on any atom is 0.123 e. The Morgan fingerprint density at radius 2 is 0.745 bits per heavy atom. The standard InChI is InChI=1S/C28H12Br10Cl8O/c1-5-7(17(41)21(45)19(43)15(5)39)3-27(23(35)11(31)9(29)12(32)24(27)36)47-28(25(37)13(33)10(30)14(34)26(28)38)4-8-6(2)16(40)20(44)22(46)18(8)42/h23,25H,3-4H2,1-2H3. The van der Waals surface area contributed by atoms with Gasteiger partial charge in [0.15, 0.2) is 0 Å². The molecule has 0 amide bonds. The van der Waals surface area contributed by atoms with Crippen molar-refractivity contribution in [2.24, 2.45) is 0 Å². The van der Waals surface area contributed by atoms with E-state index >= 15 is 0 Å². The predicted molar refractivity (Wildman–Crippen MR) is 241 cm³/mol. The van der Waals surface area contributed by atoms with Crippen LogP contribution in [0.2, 0.25) is 40.2 Å². The van der Waals surface area contributed by atoms with Crippen molar-refractivity contribution in [1.82, 2.24) is 0 Å². The molecule has 0 bridgehead atoms. The molecule has 4 atom stereocenters. The van der Waals surface area contributed by atoms with Crippen LogP contribution < -0.4 is 0 Å². The molecule has 2 aromatic carbocycles. The Bertz CT molecular complexity index is 1670. The van der Waals surface area contributed by atoms with Crippen LogP contribution >= 0.6 is 252 Å². The van der Waals surface area contributed by atoms with Crippen molar-refractivity contribution in [2.45, 2.75) is 47.5 Å². The van der Waals surface area contributed by atoms with E-state index in [-0.39, 0.29) is 53.0 Å². The highest BCUT2D eigenvalue weighted by Gasteiger charge is 2.58. The molecule has 256 valence electrons. The smallest absolute Gasteiger partial charge is 0.123 e. The third-order valence-electron chi connectivity index (χ3n) is 7.69. The van der Waals surface area contributed by atoms with Crippen LogP contribution in [-0.4, -0.2) is 20.9 Å². The van der Waals surface area contributed by atoms with E-state index in [1.807, 2.05) is 13.8 Å². The number of halogens is 18. The van der Waals surface area contributed by atoms with E-state index in [0.29, 0.717) is 40.2 Å². The van der Waals surface area contributed by atoms with Crippen LogP contribution in [0.4, 0.5) is 0 Å². The van der Waals surface area contributed by atoms with Crippen molar-refractivity contribution in [3.8, 4) is 0 Å². The summed E-state index contributed by atoms with van der Waals surface area (Å²) in [4.78, 5) is -1.08. The topological polar surface area (TPSA) is 9.23 Å². The van der Waals surface area contributed by atoms with Crippen molar-refractivity contribution in [2.75, 3.05) is 0 Å². The Hall–Kier alpha value is 4.48. The minimum atomic E-state index is -1.29. The van der Waals surface area contributed by atoms with Gasteiger partial charge in [0, 0.05) is 48.7 Å². The predicted octanol–water partition coefficient (Wildman–Crippen LogP) is 18.4. The SMILES string of the molecule is Cc1c(Cl)c(Cl)c(Cl)c(Cl)c1CC1(OC2(Cc3c(C)c(Cl)c(Cl)c(Cl)c3Cl)C(Br)=C(Br)C(Br)=C(Br)C2Br)C(Br)=C(Br)C(Br)=C(Br)C1Br. The summed E-state index contributed by atoms with van der Waals surface area (Å²) in [6, 6.07) is 0. The molecule has 2 aliphatic rings. The second-order valence-electron chi connectivity index (χ2n) is 10.3. The fourth-order valence-electron chi connectivity index (χ4n) is 5.07. The van der Waals surface area contributed by atoms with Gasteiger partial charge in [-0.3, -0.25) is 0 Å². The summed E-state index contributed by atoms with van der Waals surface area (Å²) >= 11 is 91.7. The number of allylic oxidation sites excluding steroid dienone is 4. The lowest BCUT2D eigenvalue weighted by Gasteiger charge is -2.51. The molecule has 0 radical (unpaired) electrons. The minimum absolute atomic E-state index is 0.128. The Balaban J connectivity index is 2.14. The van der Waals surface area contributed by atoms with E-state index in [9.17, 15) is 0 Å². The van der Waals surface area contributed by atoms with E-state index in [1.165, 1.54) is 0 Å². The van der Waals surface area contributed by atoms with Crippen LogP contribution in [0.3, 0.4) is 0 Å². The molecule has 0 aliphatic heterocycles. The fourth-order valence-corrected chi connectivity index (χ4v) is 15.3. The summed E-state index contributed by atoms with van der Waals surface area (Å²) in [6.07, 6.45) is 0.290. The van der Waals surface area contributed by atoms with Crippen LogP contribution in [-0.2, 0) is 17.6 Å². The molecular weight excluding hydrogens is 1430 g/mol. The summed E-state index contributed by atoms with van der Waals surface area (Å²) in [5.74, 6) is 0. The molecule has 4 rings (SSSR count). The molecule has 0 saturated carbocycles. The van der Waals surface area contributed by atoms with Gasteiger partial charge in [0.25, 0.3) is 0 Å². The van der Waals surface area contributed by atoms with E-state index in [2.05, 4.69) is 159 Å². The largest absolute Gasteiger partial charge is 0.354 e.